The normalized spacial score (nSPS) is 19.5. The van der Waals surface area contributed by atoms with Gasteiger partial charge in [-0.1, -0.05) is 18.9 Å². The molecule has 4 heteroatoms. The summed E-state index contributed by atoms with van der Waals surface area (Å²) in [5, 5.41) is 10.5. The number of benzene rings is 1. The first-order valence-corrected chi connectivity index (χ1v) is 7.56. The van der Waals surface area contributed by atoms with Crippen LogP contribution in [-0.2, 0) is 0 Å². The Bertz CT molecular complexity index is 641. The van der Waals surface area contributed by atoms with Crippen molar-refractivity contribution in [2.75, 3.05) is 13.2 Å². The van der Waals surface area contributed by atoms with Gasteiger partial charge in [-0.25, -0.2) is 0 Å². The van der Waals surface area contributed by atoms with E-state index in [1.54, 1.807) is 6.20 Å². The highest BCUT2D eigenvalue weighted by Crippen LogP contribution is 2.21. The number of aliphatic hydroxyl groups excluding tert-OH is 1. The van der Waals surface area contributed by atoms with Gasteiger partial charge < -0.3 is 10.0 Å². The number of hydrogen-bond donors (Lipinski definition) is 1. The van der Waals surface area contributed by atoms with Crippen molar-refractivity contribution in [3.05, 3.63) is 42.1 Å². The minimum atomic E-state index is -0.0513. The Morgan fingerprint density at radius 1 is 1.29 bits per heavy atom. The molecule has 2 aromatic rings. The van der Waals surface area contributed by atoms with Gasteiger partial charge in [-0.2, -0.15) is 0 Å². The molecule has 0 saturated carbocycles. The summed E-state index contributed by atoms with van der Waals surface area (Å²) in [5.74, 6) is 0.0155. The Hall–Kier alpha value is -1.94. The van der Waals surface area contributed by atoms with Gasteiger partial charge in [0, 0.05) is 23.7 Å². The maximum absolute atomic E-state index is 12.8. The number of rotatable bonds is 2. The molecule has 3 rings (SSSR count). The van der Waals surface area contributed by atoms with Gasteiger partial charge in [0.15, 0.2) is 0 Å². The van der Waals surface area contributed by atoms with Gasteiger partial charge in [0.2, 0.25) is 0 Å². The average molecular weight is 284 g/mol. The van der Waals surface area contributed by atoms with Crippen LogP contribution in [-0.4, -0.2) is 40.1 Å². The Morgan fingerprint density at radius 3 is 3.05 bits per heavy atom. The summed E-state index contributed by atoms with van der Waals surface area (Å²) in [6.45, 7) is 0.774. The van der Waals surface area contributed by atoms with Crippen molar-refractivity contribution in [1.82, 2.24) is 9.88 Å². The molecule has 0 radical (unpaired) electrons. The molecule has 1 saturated heterocycles. The summed E-state index contributed by atoms with van der Waals surface area (Å²) in [7, 11) is 0. The van der Waals surface area contributed by atoms with Gasteiger partial charge in [0.1, 0.15) is 0 Å². The van der Waals surface area contributed by atoms with Crippen LogP contribution in [0.1, 0.15) is 36.0 Å². The summed E-state index contributed by atoms with van der Waals surface area (Å²) >= 11 is 0. The molecule has 1 aromatic heterocycles. The van der Waals surface area contributed by atoms with Crippen molar-refractivity contribution < 1.29 is 9.90 Å². The SMILES string of the molecule is O=C(c1ccc2ncccc2c1)N1CCCCCC1CO. The molecular weight excluding hydrogens is 264 g/mol. The first kappa shape index (κ1) is 14.0. The smallest absolute Gasteiger partial charge is 0.254 e. The van der Waals surface area contributed by atoms with E-state index >= 15 is 0 Å². The maximum atomic E-state index is 12.8. The fourth-order valence-electron chi connectivity index (χ4n) is 3.01. The molecule has 0 bridgehead atoms. The van der Waals surface area contributed by atoms with Crippen LogP contribution >= 0.6 is 0 Å². The Morgan fingerprint density at radius 2 is 2.19 bits per heavy atom. The van der Waals surface area contributed by atoms with Crippen LogP contribution in [0.3, 0.4) is 0 Å². The van der Waals surface area contributed by atoms with Crippen molar-refractivity contribution in [3.8, 4) is 0 Å². The highest BCUT2D eigenvalue weighted by molar-refractivity contribution is 5.98. The van der Waals surface area contributed by atoms with Gasteiger partial charge in [0.05, 0.1) is 18.2 Å². The van der Waals surface area contributed by atoms with E-state index in [0.717, 1.165) is 43.1 Å². The van der Waals surface area contributed by atoms with E-state index in [-0.39, 0.29) is 18.6 Å². The fourth-order valence-corrected chi connectivity index (χ4v) is 3.01. The summed E-state index contributed by atoms with van der Waals surface area (Å²) in [5.41, 5.74) is 1.57. The van der Waals surface area contributed by atoms with E-state index in [0.29, 0.717) is 5.56 Å². The molecular formula is C17H20N2O2. The third kappa shape index (κ3) is 2.90. The van der Waals surface area contributed by atoms with Crippen LogP contribution in [0.15, 0.2) is 36.5 Å². The van der Waals surface area contributed by atoms with Gasteiger partial charge in [0.25, 0.3) is 5.91 Å². The zero-order valence-electron chi connectivity index (χ0n) is 12.0. The van der Waals surface area contributed by atoms with Crippen molar-refractivity contribution >= 4 is 16.8 Å². The number of fused-ring (bicyclic) bond motifs is 1. The first-order chi connectivity index (χ1) is 10.3. The van der Waals surface area contributed by atoms with Gasteiger partial charge in [-0.05, 0) is 37.1 Å². The average Bonchev–Trinajstić information content (AvgIpc) is 2.79. The lowest BCUT2D eigenvalue weighted by Gasteiger charge is -2.28. The molecule has 1 fully saturated rings. The highest BCUT2D eigenvalue weighted by Gasteiger charge is 2.25. The predicted molar refractivity (Wildman–Crippen MR) is 82.1 cm³/mol. The van der Waals surface area contributed by atoms with E-state index < -0.39 is 0 Å². The third-order valence-electron chi connectivity index (χ3n) is 4.20. The highest BCUT2D eigenvalue weighted by atomic mass is 16.3. The maximum Gasteiger partial charge on any atom is 0.254 e. The summed E-state index contributed by atoms with van der Waals surface area (Å²) in [4.78, 5) is 18.9. The zero-order chi connectivity index (χ0) is 14.7. The van der Waals surface area contributed by atoms with E-state index in [1.165, 1.54) is 0 Å². The van der Waals surface area contributed by atoms with Gasteiger partial charge >= 0.3 is 0 Å². The zero-order valence-corrected chi connectivity index (χ0v) is 12.0. The monoisotopic (exact) mass is 284 g/mol. The van der Waals surface area contributed by atoms with E-state index in [9.17, 15) is 9.90 Å². The quantitative estimate of drug-likeness (QED) is 0.922. The minimum Gasteiger partial charge on any atom is -0.394 e. The lowest BCUT2D eigenvalue weighted by molar-refractivity contribution is 0.0600. The summed E-state index contributed by atoms with van der Waals surface area (Å²) < 4.78 is 0. The van der Waals surface area contributed by atoms with Crippen molar-refractivity contribution in [2.45, 2.75) is 31.7 Å². The topological polar surface area (TPSA) is 53.4 Å². The van der Waals surface area contributed by atoms with Gasteiger partial charge in [-0.15, -0.1) is 0 Å². The molecule has 0 spiro atoms. The molecule has 1 atom stereocenters. The number of pyridine rings is 1. The number of aromatic nitrogens is 1. The number of likely N-dealkylation sites (tertiary alicyclic amines) is 1. The minimum absolute atomic E-state index is 0.0155. The molecule has 0 aliphatic carbocycles. The second-order valence-electron chi connectivity index (χ2n) is 5.60. The third-order valence-corrected chi connectivity index (χ3v) is 4.20. The van der Waals surface area contributed by atoms with Crippen LogP contribution in [0.25, 0.3) is 10.9 Å². The van der Waals surface area contributed by atoms with Crippen LogP contribution in [0.2, 0.25) is 0 Å². The van der Waals surface area contributed by atoms with E-state index in [1.807, 2.05) is 35.2 Å². The lowest BCUT2D eigenvalue weighted by Crippen LogP contribution is -2.42. The van der Waals surface area contributed by atoms with Gasteiger partial charge in [-0.3, -0.25) is 9.78 Å². The first-order valence-electron chi connectivity index (χ1n) is 7.56. The van der Waals surface area contributed by atoms with Crippen molar-refractivity contribution in [2.24, 2.45) is 0 Å². The molecule has 1 amide bonds. The molecule has 110 valence electrons. The Labute approximate surface area is 124 Å². The van der Waals surface area contributed by atoms with Crippen LogP contribution in [0, 0.1) is 0 Å². The largest absolute Gasteiger partial charge is 0.394 e. The number of hydrogen-bond acceptors (Lipinski definition) is 3. The second-order valence-corrected chi connectivity index (χ2v) is 5.60. The summed E-state index contributed by atoms with van der Waals surface area (Å²) in [6, 6.07) is 9.39. The number of carbonyl (C=O) groups excluding carboxylic acids is 1. The van der Waals surface area contributed by atoms with E-state index in [2.05, 4.69) is 4.98 Å². The number of amides is 1. The number of carbonyl (C=O) groups is 1. The van der Waals surface area contributed by atoms with Crippen LogP contribution in [0.4, 0.5) is 0 Å². The Balaban J connectivity index is 1.90. The van der Waals surface area contributed by atoms with Crippen LogP contribution in [0.5, 0.6) is 0 Å². The lowest BCUT2D eigenvalue weighted by atomic mass is 10.1. The number of aliphatic hydroxyl groups is 1. The van der Waals surface area contributed by atoms with Crippen LogP contribution < -0.4 is 0 Å². The van der Waals surface area contributed by atoms with Crippen molar-refractivity contribution in [3.63, 3.8) is 0 Å². The standard InChI is InChI=1S/C17H20N2O2/c20-12-15-6-2-1-3-10-19(15)17(21)14-7-8-16-13(11-14)5-4-9-18-16/h4-5,7-9,11,15,20H,1-3,6,10,12H2. The second kappa shape index (κ2) is 6.22. The van der Waals surface area contributed by atoms with Crippen molar-refractivity contribution in [1.29, 1.82) is 0 Å². The molecule has 1 aliphatic rings. The Kier molecular flexibility index (Phi) is 4.15. The molecule has 1 unspecified atom stereocenters. The molecule has 1 aromatic carbocycles. The molecule has 2 heterocycles. The summed E-state index contributed by atoms with van der Waals surface area (Å²) in [6.07, 6.45) is 5.85. The predicted octanol–water partition coefficient (Wildman–Crippen LogP) is 2.61. The molecule has 21 heavy (non-hydrogen) atoms. The van der Waals surface area contributed by atoms with E-state index in [4.69, 9.17) is 0 Å². The molecule has 1 aliphatic heterocycles. The fraction of sp³-hybridized carbons (Fsp3) is 0.412. The molecule has 1 N–H and O–H groups in total. The number of nitrogens with zero attached hydrogens (tertiary/aromatic N) is 2. The molecule has 4 nitrogen and oxygen atoms in total.